The number of amides is 1. The van der Waals surface area contributed by atoms with E-state index in [0.717, 1.165) is 13.2 Å². The number of hydrogen-bond acceptors (Lipinski definition) is 3. The van der Waals surface area contributed by atoms with Crippen LogP contribution in [0.15, 0.2) is 24.3 Å². The van der Waals surface area contributed by atoms with Crippen LogP contribution in [0.5, 0.6) is 0 Å². The molecule has 1 rings (SSSR count). The van der Waals surface area contributed by atoms with Crippen molar-refractivity contribution in [2.75, 3.05) is 7.11 Å². The van der Waals surface area contributed by atoms with Gasteiger partial charge in [-0.1, -0.05) is 17.4 Å². The van der Waals surface area contributed by atoms with Crippen LogP contribution < -0.4 is 0 Å². The number of nitrogens with zero attached hydrogens (tertiary/aromatic N) is 1. The lowest BCUT2D eigenvalue weighted by Gasteiger charge is -2.10. The Hall–Kier alpha value is -1.46. The van der Waals surface area contributed by atoms with Gasteiger partial charge in [-0.3, -0.25) is 10.0 Å². The third-order valence-corrected chi connectivity index (χ3v) is 1.45. The first-order chi connectivity index (χ1) is 6.16. The summed E-state index contributed by atoms with van der Waals surface area (Å²) < 4.78 is 12.9. The zero-order chi connectivity index (χ0) is 9.84. The second kappa shape index (κ2) is 3.97. The van der Waals surface area contributed by atoms with Crippen molar-refractivity contribution in [1.82, 2.24) is 5.23 Å². The molecule has 1 aromatic rings. The Labute approximate surface area is 74.1 Å². The quantitative estimate of drug-likeness (QED) is 0.556. The Morgan fingerprint density at radius 3 is 2.69 bits per heavy atom. The summed E-state index contributed by atoms with van der Waals surface area (Å²) in [6.07, 6.45) is 0. The van der Waals surface area contributed by atoms with Crippen molar-refractivity contribution in [1.29, 1.82) is 0 Å². The minimum atomic E-state index is -0.944. The topological polar surface area (TPSA) is 49.8 Å². The molecule has 1 N–H and O–H groups in total. The van der Waals surface area contributed by atoms with E-state index in [2.05, 4.69) is 4.84 Å². The molecule has 0 spiro atoms. The maximum atomic E-state index is 12.9. The van der Waals surface area contributed by atoms with E-state index in [1.807, 2.05) is 0 Å². The van der Waals surface area contributed by atoms with Gasteiger partial charge in [-0.25, -0.2) is 9.23 Å². The molecule has 0 heterocycles. The van der Waals surface area contributed by atoms with E-state index in [4.69, 9.17) is 5.21 Å². The highest BCUT2D eigenvalue weighted by Crippen LogP contribution is 2.08. The standard InChI is InChI=1S/C8H8FNO3/c1-13-10(12)8(11)6-4-2-3-5-7(6)9/h2-5,12H,1H3. The Kier molecular flexibility index (Phi) is 2.94. The Balaban J connectivity index is 2.95. The minimum absolute atomic E-state index is 0.0294. The molecule has 4 nitrogen and oxygen atoms in total. The second-order valence-corrected chi connectivity index (χ2v) is 2.24. The average Bonchev–Trinajstić information content (AvgIpc) is 2.16. The summed E-state index contributed by atoms with van der Waals surface area (Å²) in [7, 11) is 1.10. The lowest BCUT2D eigenvalue weighted by Crippen LogP contribution is -2.26. The fourth-order valence-electron chi connectivity index (χ4n) is 0.821. The first kappa shape index (κ1) is 9.63. The van der Waals surface area contributed by atoms with Crippen molar-refractivity contribution < 1.29 is 19.2 Å². The second-order valence-electron chi connectivity index (χ2n) is 2.24. The molecule has 1 amide bonds. The van der Waals surface area contributed by atoms with E-state index in [1.165, 1.54) is 18.2 Å². The lowest BCUT2D eigenvalue weighted by molar-refractivity contribution is -0.280. The van der Waals surface area contributed by atoms with Gasteiger partial charge in [0.1, 0.15) is 5.82 Å². The van der Waals surface area contributed by atoms with Crippen molar-refractivity contribution in [3.63, 3.8) is 0 Å². The third-order valence-electron chi connectivity index (χ3n) is 1.45. The highest BCUT2D eigenvalue weighted by atomic mass is 19.1. The van der Waals surface area contributed by atoms with Crippen molar-refractivity contribution >= 4 is 5.91 Å². The van der Waals surface area contributed by atoms with Crippen molar-refractivity contribution in [3.05, 3.63) is 35.6 Å². The first-order valence-corrected chi connectivity index (χ1v) is 3.48. The molecule has 5 heteroatoms. The molecule has 1 aromatic carbocycles. The Bertz CT molecular complexity index is 316. The fraction of sp³-hybridized carbons (Fsp3) is 0.125. The van der Waals surface area contributed by atoms with Gasteiger partial charge in [-0.05, 0) is 12.1 Å². The van der Waals surface area contributed by atoms with Gasteiger partial charge in [0.15, 0.2) is 0 Å². The van der Waals surface area contributed by atoms with E-state index in [9.17, 15) is 9.18 Å². The molecule has 70 valence electrons. The van der Waals surface area contributed by atoms with Crippen LogP contribution in [0.3, 0.4) is 0 Å². The van der Waals surface area contributed by atoms with Crippen LogP contribution in [0.4, 0.5) is 4.39 Å². The number of halogens is 1. The normalized spacial score (nSPS) is 9.77. The molecule has 0 atom stereocenters. The summed E-state index contributed by atoms with van der Waals surface area (Å²) >= 11 is 0. The molecule has 0 fully saturated rings. The predicted octanol–water partition coefficient (Wildman–Crippen LogP) is 1.22. The number of benzene rings is 1. The van der Waals surface area contributed by atoms with Crippen LogP contribution in [0.1, 0.15) is 10.4 Å². The third kappa shape index (κ3) is 2.01. The molecule has 0 aromatic heterocycles. The van der Waals surface area contributed by atoms with Crippen LogP contribution in [0, 0.1) is 5.82 Å². The molecule has 0 unspecified atom stereocenters. The molecular weight excluding hydrogens is 177 g/mol. The molecule has 0 saturated carbocycles. The summed E-state index contributed by atoms with van der Waals surface area (Å²) in [5, 5.41) is 8.77. The van der Waals surface area contributed by atoms with Crippen molar-refractivity contribution in [2.24, 2.45) is 0 Å². The summed E-state index contributed by atoms with van der Waals surface area (Å²) in [4.78, 5) is 15.3. The Morgan fingerprint density at radius 1 is 1.54 bits per heavy atom. The van der Waals surface area contributed by atoms with Gasteiger partial charge in [0.2, 0.25) is 0 Å². The van der Waals surface area contributed by atoms with Gasteiger partial charge in [0.05, 0.1) is 12.7 Å². The highest BCUT2D eigenvalue weighted by molar-refractivity contribution is 5.92. The van der Waals surface area contributed by atoms with Crippen LogP contribution in [-0.4, -0.2) is 23.5 Å². The van der Waals surface area contributed by atoms with E-state index in [-0.39, 0.29) is 10.8 Å². The van der Waals surface area contributed by atoms with E-state index >= 15 is 0 Å². The van der Waals surface area contributed by atoms with E-state index in [0.29, 0.717) is 0 Å². The summed E-state index contributed by atoms with van der Waals surface area (Å²) in [5.74, 6) is -1.65. The van der Waals surface area contributed by atoms with Crippen LogP contribution >= 0.6 is 0 Å². The molecule has 0 saturated heterocycles. The van der Waals surface area contributed by atoms with Gasteiger partial charge in [0.25, 0.3) is 0 Å². The zero-order valence-corrected chi connectivity index (χ0v) is 6.90. The predicted molar refractivity (Wildman–Crippen MR) is 41.4 cm³/mol. The van der Waals surface area contributed by atoms with Gasteiger partial charge >= 0.3 is 5.91 Å². The van der Waals surface area contributed by atoms with Gasteiger partial charge in [0, 0.05) is 0 Å². The maximum Gasteiger partial charge on any atom is 0.306 e. The number of hydroxylamine groups is 2. The molecule has 0 aliphatic rings. The van der Waals surface area contributed by atoms with Crippen molar-refractivity contribution in [2.45, 2.75) is 0 Å². The van der Waals surface area contributed by atoms with Crippen molar-refractivity contribution in [3.8, 4) is 0 Å². The summed E-state index contributed by atoms with van der Waals surface area (Å²) in [5.41, 5.74) is -0.244. The largest absolute Gasteiger partial charge is 0.306 e. The molecule has 13 heavy (non-hydrogen) atoms. The Morgan fingerprint density at radius 2 is 2.15 bits per heavy atom. The van der Waals surface area contributed by atoms with Crippen LogP contribution in [0.2, 0.25) is 0 Å². The van der Waals surface area contributed by atoms with Crippen LogP contribution in [-0.2, 0) is 4.84 Å². The molecule has 0 aliphatic carbocycles. The SMILES string of the molecule is CON(O)C(=O)c1ccccc1F. The van der Waals surface area contributed by atoms with E-state index < -0.39 is 11.7 Å². The van der Waals surface area contributed by atoms with E-state index in [1.54, 1.807) is 0 Å². The molecule has 0 aliphatic heterocycles. The highest BCUT2D eigenvalue weighted by Gasteiger charge is 2.16. The number of rotatable bonds is 2. The number of carbonyl (C=O) groups excluding carboxylic acids is 1. The summed E-state index contributed by atoms with van der Waals surface area (Å²) in [6.45, 7) is 0. The molecular formula is C8H8FNO3. The number of carbonyl (C=O) groups is 1. The summed E-state index contributed by atoms with van der Waals surface area (Å²) in [6, 6.07) is 5.30. The average molecular weight is 185 g/mol. The molecule has 0 bridgehead atoms. The van der Waals surface area contributed by atoms with Gasteiger partial charge < -0.3 is 0 Å². The lowest BCUT2D eigenvalue weighted by atomic mass is 10.2. The molecule has 0 radical (unpaired) electrons. The number of hydrogen-bond donors (Lipinski definition) is 1. The maximum absolute atomic E-state index is 12.9. The first-order valence-electron chi connectivity index (χ1n) is 3.48. The van der Waals surface area contributed by atoms with Gasteiger partial charge in [-0.2, -0.15) is 0 Å². The van der Waals surface area contributed by atoms with Gasteiger partial charge in [-0.15, -0.1) is 0 Å². The fourth-order valence-corrected chi connectivity index (χ4v) is 0.821. The van der Waals surface area contributed by atoms with Crippen LogP contribution in [0.25, 0.3) is 0 Å². The monoisotopic (exact) mass is 185 g/mol. The zero-order valence-electron chi connectivity index (χ0n) is 6.90. The minimum Gasteiger partial charge on any atom is -0.264 e. The smallest absolute Gasteiger partial charge is 0.264 e.